The molecule has 0 aliphatic carbocycles. The third kappa shape index (κ3) is 3.78. The molecule has 1 aromatic heterocycles. The zero-order valence-corrected chi connectivity index (χ0v) is 14.2. The van der Waals surface area contributed by atoms with Gasteiger partial charge >= 0.3 is 5.76 Å². The van der Waals surface area contributed by atoms with E-state index in [1.807, 2.05) is 0 Å². The summed E-state index contributed by atoms with van der Waals surface area (Å²) in [5.74, 6) is -1.75. The maximum Gasteiger partial charge on any atom is 0.437 e. The average molecular weight is 369 g/mol. The van der Waals surface area contributed by atoms with E-state index in [0.29, 0.717) is 12.0 Å². The highest BCUT2D eigenvalue weighted by molar-refractivity contribution is 7.91. The van der Waals surface area contributed by atoms with Crippen LogP contribution in [0.1, 0.15) is 6.42 Å². The lowest BCUT2D eigenvalue weighted by atomic mass is 10.2. The Kier molecular flexibility index (Phi) is 4.46. The van der Waals surface area contributed by atoms with Crippen molar-refractivity contribution in [1.29, 1.82) is 0 Å². The summed E-state index contributed by atoms with van der Waals surface area (Å²) in [6, 6.07) is 4.81. The predicted molar refractivity (Wildman–Crippen MR) is 86.0 cm³/mol. The molecular formula is C15H16FN3O5S. The smallest absolute Gasteiger partial charge is 0.388 e. The summed E-state index contributed by atoms with van der Waals surface area (Å²) >= 11 is 0. The van der Waals surface area contributed by atoms with Gasteiger partial charge in [0, 0.05) is 18.7 Å². The summed E-state index contributed by atoms with van der Waals surface area (Å²) < 4.78 is 41.8. The van der Waals surface area contributed by atoms with E-state index >= 15 is 0 Å². The lowest BCUT2D eigenvalue weighted by Gasteiger charge is -2.22. The van der Waals surface area contributed by atoms with Crippen molar-refractivity contribution in [1.82, 2.24) is 14.7 Å². The standard InChI is InChI=1S/C15H16FN3O5S/c1-18(12-6-7-25(22,23)9-12)13(20)8-19-15(21)24-14(17-19)10-2-4-11(16)5-3-10/h2-5,12H,6-9H2,1H3/t12-/m0/s1. The van der Waals surface area contributed by atoms with Crippen LogP contribution in [0.2, 0.25) is 0 Å². The summed E-state index contributed by atoms with van der Waals surface area (Å²) in [4.78, 5) is 25.5. The molecule has 3 rings (SSSR count). The minimum Gasteiger partial charge on any atom is -0.388 e. The number of benzene rings is 1. The molecule has 0 N–H and O–H groups in total. The molecule has 134 valence electrons. The summed E-state index contributed by atoms with van der Waals surface area (Å²) in [5.41, 5.74) is 0.403. The second-order valence-electron chi connectivity index (χ2n) is 5.90. The SMILES string of the molecule is CN(C(=O)Cn1nc(-c2ccc(F)cc2)oc1=O)[C@H]1CCS(=O)(=O)C1. The number of nitrogens with zero attached hydrogens (tertiary/aromatic N) is 3. The van der Waals surface area contributed by atoms with Crippen molar-refractivity contribution in [2.75, 3.05) is 18.6 Å². The first-order valence-electron chi connectivity index (χ1n) is 7.55. The molecule has 1 aliphatic rings. The highest BCUT2D eigenvalue weighted by Crippen LogP contribution is 2.18. The topological polar surface area (TPSA) is 102 Å². The number of carbonyl (C=O) groups excluding carboxylic acids is 1. The Morgan fingerprint density at radius 3 is 2.68 bits per heavy atom. The van der Waals surface area contributed by atoms with E-state index in [1.165, 1.54) is 36.2 Å². The Labute approximate surface area is 142 Å². The van der Waals surface area contributed by atoms with Crippen molar-refractivity contribution in [3.05, 3.63) is 40.6 Å². The van der Waals surface area contributed by atoms with E-state index < -0.39 is 33.4 Å². The molecule has 1 fully saturated rings. The van der Waals surface area contributed by atoms with Crippen LogP contribution in [0.5, 0.6) is 0 Å². The van der Waals surface area contributed by atoms with Crippen LogP contribution in [-0.2, 0) is 21.2 Å². The maximum atomic E-state index is 12.9. The van der Waals surface area contributed by atoms with Gasteiger partial charge in [0.15, 0.2) is 9.84 Å². The first-order chi connectivity index (χ1) is 11.7. The molecule has 2 heterocycles. The van der Waals surface area contributed by atoms with Crippen LogP contribution in [0.25, 0.3) is 11.5 Å². The molecule has 1 aromatic carbocycles. The van der Waals surface area contributed by atoms with E-state index in [9.17, 15) is 22.4 Å². The number of sulfone groups is 1. The molecule has 1 atom stereocenters. The van der Waals surface area contributed by atoms with Crippen LogP contribution in [0.15, 0.2) is 33.5 Å². The van der Waals surface area contributed by atoms with Crippen LogP contribution in [0.4, 0.5) is 4.39 Å². The Morgan fingerprint density at radius 2 is 2.08 bits per heavy atom. The van der Waals surface area contributed by atoms with Crippen LogP contribution < -0.4 is 5.76 Å². The molecule has 0 saturated carbocycles. The highest BCUT2D eigenvalue weighted by atomic mass is 32.2. The van der Waals surface area contributed by atoms with Gasteiger partial charge in [-0.2, -0.15) is 4.68 Å². The van der Waals surface area contributed by atoms with Crippen molar-refractivity contribution in [3.8, 4) is 11.5 Å². The molecule has 1 aliphatic heterocycles. The predicted octanol–water partition coefficient (Wildman–Crippen LogP) is 0.288. The van der Waals surface area contributed by atoms with Gasteiger partial charge in [-0.25, -0.2) is 17.6 Å². The zero-order valence-electron chi connectivity index (χ0n) is 13.4. The van der Waals surface area contributed by atoms with E-state index in [1.54, 1.807) is 0 Å². The number of carbonyl (C=O) groups is 1. The zero-order chi connectivity index (χ0) is 18.2. The lowest BCUT2D eigenvalue weighted by Crippen LogP contribution is -2.41. The van der Waals surface area contributed by atoms with Gasteiger partial charge in [-0.3, -0.25) is 4.79 Å². The van der Waals surface area contributed by atoms with Crippen molar-refractivity contribution in [2.24, 2.45) is 0 Å². The molecule has 0 unspecified atom stereocenters. The highest BCUT2D eigenvalue weighted by Gasteiger charge is 2.33. The molecule has 8 nitrogen and oxygen atoms in total. The van der Waals surface area contributed by atoms with E-state index in [-0.39, 0.29) is 23.9 Å². The summed E-state index contributed by atoms with van der Waals surface area (Å²) in [5, 5.41) is 3.94. The van der Waals surface area contributed by atoms with Crippen molar-refractivity contribution in [3.63, 3.8) is 0 Å². The Bertz CT molecular complexity index is 948. The normalized spacial score (nSPS) is 19.0. The number of hydrogen-bond donors (Lipinski definition) is 0. The summed E-state index contributed by atoms with van der Waals surface area (Å²) in [7, 11) is -1.62. The van der Waals surface area contributed by atoms with Gasteiger partial charge in [-0.1, -0.05) is 0 Å². The molecule has 0 bridgehead atoms. The molecule has 10 heteroatoms. The van der Waals surface area contributed by atoms with Crippen molar-refractivity contribution in [2.45, 2.75) is 19.0 Å². The van der Waals surface area contributed by atoms with Crippen molar-refractivity contribution >= 4 is 15.7 Å². The summed E-state index contributed by atoms with van der Waals surface area (Å²) in [6.45, 7) is -0.365. The average Bonchev–Trinajstić information content (AvgIpc) is 3.10. The molecule has 1 saturated heterocycles. The second kappa shape index (κ2) is 6.43. The molecule has 25 heavy (non-hydrogen) atoms. The number of likely N-dealkylation sites (N-methyl/N-ethyl adjacent to an activating group) is 1. The number of rotatable bonds is 4. The first kappa shape index (κ1) is 17.3. The Morgan fingerprint density at radius 1 is 1.40 bits per heavy atom. The van der Waals surface area contributed by atoms with E-state index in [0.717, 1.165) is 4.68 Å². The number of amides is 1. The molecular weight excluding hydrogens is 353 g/mol. The van der Waals surface area contributed by atoms with Gasteiger partial charge in [-0.15, -0.1) is 5.10 Å². The minimum absolute atomic E-state index is 0.0242. The molecule has 2 aromatic rings. The fourth-order valence-electron chi connectivity index (χ4n) is 2.64. The maximum absolute atomic E-state index is 12.9. The summed E-state index contributed by atoms with van der Waals surface area (Å²) in [6.07, 6.45) is 0.374. The fourth-order valence-corrected chi connectivity index (χ4v) is 4.41. The van der Waals surface area contributed by atoms with Gasteiger partial charge < -0.3 is 9.32 Å². The number of hydrogen-bond acceptors (Lipinski definition) is 6. The van der Waals surface area contributed by atoms with Gasteiger partial charge in [0.2, 0.25) is 11.8 Å². The van der Waals surface area contributed by atoms with Gasteiger partial charge in [-0.05, 0) is 30.7 Å². The molecule has 0 spiro atoms. The van der Waals surface area contributed by atoms with E-state index in [2.05, 4.69) is 5.10 Å². The Hall–Kier alpha value is -2.49. The molecule has 0 radical (unpaired) electrons. The van der Waals surface area contributed by atoms with Crippen LogP contribution in [0.3, 0.4) is 0 Å². The molecule has 1 amide bonds. The largest absolute Gasteiger partial charge is 0.437 e. The number of halogens is 1. The lowest BCUT2D eigenvalue weighted by molar-refractivity contribution is -0.132. The minimum atomic E-state index is -3.12. The van der Waals surface area contributed by atoms with Gasteiger partial charge in [0.25, 0.3) is 0 Å². The first-order valence-corrected chi connectivity index (χ1v) is 9.37. The fraction of sp³-hybridized carbons (Fsp3) is 0.400. The quantitative estimate of drug-likeness (QED) is 0.767. The van der Waals surface area contributed by atoms with Crippen LogP contribution >= 0.6 is 0 Å². The second-order valence-corrected chi connectivity index (χ2v) is 8.13. The number of aromatic nitrogens is 2. The monoisotopic (exact) mass is 369 g/mol. The Balaban J connectivity index is 1.74. The van der Waals surface area contributed by atoms with Gasteiger partial charge in [0.05, 0.1) is 11.5 Å². The van der Waals surface area contributed by atoms with Crippen molar-refractivity contribution < 1.29 is 22.0 Å². The van der Waals surface area contributed by atoms with Crippen LogP contribution in [0, 0.1) is 5.82 Å². The van der Waals surface area contributed by atoms with Crippen LogP contribution in [-0.4, -0.2) is 53.6 Å². The third-order valence-corrected chi connectivity index (χ3v) is 5.88. The van der Waals surface area contributed by atoms with Gasteiger partial charge in [0.1, 0.15) is 12.4 Å². The van der Waals surface area contributed by atoms with E-state index in [4.69, 9.17) is 4.42 Å². The third-order valence-electron chi connectivity index (χ3n) is 4.13.